The van der Waals surface area contributed by atoms with Crippen LogP contribution in [0.4, 0.5) is 0 Å². The highest BCUT2D eigenvalue weighted by molar-refractivity contribution is 5.85. The van der Waals surface area contributed by atoms with Gasteiger partial charge < -0.3 is 69.3 Å². The Morgan fingerprint density at radius 1 is 0.375 bits per heavy atom. The number of aliphatic carboxylic acids is 2. The summed E-state index contributed by atoms with van der Waals surface area (Å²) >= 11 is 0. The van der Waals surface area contributed by atoms with Crippen molar-refractivity contribution in [1.29, 1.82) is 0 Å². The van der Waals surface area contributed by atoms with Crippen LogP contribution >= 0.6 is 12.4 Å². The summed E-state index contributed by atoms with van der Waals surface area (Å²) in [5, 5.41) is 73.8. The van der Waals surface area contributed by atoms with Gasteiger partial charge in [-0.2, -0.15) is 0 Å². The van der Waals surface area contributed by atoms with Gasteiger partial charge in [0, 0.05) is 14.2 Å². The molecule has 0 heterocycles. The van der Waals surface area contributed by atoms with Crippen LogP contribution in [-0.2, 0) is 80.0 Å². The number of benzene rings is 4. The summed E-state index contributed by atoms with van der Waals surface area (Å²) < 4.78 is 32.0. The van der Waals surface area contributed by atoms with Crippen molar-refractivity contribution >= 4 is 36.3 Å². The summed E-state index contributed by atoms with van der Waals surface area (Å²) in [7, 11) is 4.76. The molecule has 12 rings (SSSR count). The van der Waals surface area contributed by atoms with E-state index in [1.807, 2.05) is 42.5 Å². The van der Waals surface area contributed by atoms with E-state index in [0.29, 0.717) is 29.4 Å². The Morgan fingerprint density at radius 2 is 0.642 bits per heavy atom. The molecule has 0 aromatic heterocycles. The van der Waals surface area contributed by atoms with Crippen molar-refractivity contribution in [3.05, 3.63) is 117 Å². The molecule has 0 bridgehead atoms. The monoisotopic (exact) mass is 1700 g/mol. The van der Waals surface area contributed by atoms with Crippen LogP contribution in [0.5, 0.6) is 23.0 Å². The maximum Gasteiger partial charge on any atom is 0.343 e. The first-order valence-corrected chi connectivity index (χ1v) is 46.2. The van der Waals surface area contributed by atoms with E-state index in [0.717, 1.165) is 218 Å². The van der Waals surface area contributed by atoms with E-state index in [2.05, 4.69) is 90.5 Å². The van der Waals surface area contributed by atoms with Crippen LogP contribution in [0.2, 0.25) is 0 Å². The molecule has 120 heavy (non-hydrogen) atoms. The Morgan fingerprint density at radius 3 is 0.925 bits per heavy atom. The van der Waals surface area contributed by atoms with Gasteiger partial charge >= 0.3 is 23.9 Å². The highest BCUT2D eigenvalue weighted by Gasteiger charge is 2.49. The Bertz CT molecular complexity index is 3360. The van der Waals surface area contributed by atoms with Crippen molar-refractivity contribution < 1.29 is 88.5 Å². The number of halogens is 1. The van der Waals surface area contributed by atoms with E-state index >= 15 is 0 Å². The number of rotatable bonds is 40. The summed E-state index contributed by atoms with van der Waals surface area (Å²) in [6, 6.07) is 24.4. The summed E-state index contributed by atoms with van der Waals surface area (Å²) in [5.41, 5.74) is 10.2. The Labute approximate surface area is 729 Å². The molecule has 4 aromatic carbocycles. The fourth-order valence-electron chi connectivity index (χ4n) is 22.3. The lowest BCUT2D eigenvalue weighted by Gasteiger charge is -2.33. The minimum absolute atomic E-state index is 0. The Hall–Kier alpha value is -5.99. The summed E-state index contributed by atoms with van der Waals surface area (Å²) in [6.07, 6.45) is 39.5. The third kappa shape index (κ3) is 31.3. The van der Waals surface area contributed by atoms with E-state index in [9.17, 15) is 39.6 Å². The topological polar surface area (TPSA) is 286 Å². The second-order valence-corrected chi connectivity index (χ2v) is 36.5. The number of fused-ring (bicyclic) bond motifs is 8. The molecule has 0 radical (unpaired) electrons. The van der Waals surface area contributed by atoms with Gasteiger partial charge in [0.2, 0.25) is 0 Å². The number of carbonyl (C=O) groups excluding carboxylic acids is 2. The van der Waals surface area contributed by atoms with Crippen molar-refractivity contribution in [2.45, 2.75) is 318 Å². The van der Waals surface area contributed by atoms with Gasteiger partial charge in [-0.05, 0) is 292 Å². The molecule has 19 heteroatoms. The number of methoxy groups -OCH3 is 2. The van der Waals surface area contributed by atoms with Crippen LogP contribution in [-0.4, -0.2) is 144 Å². The summed E-state index contributed by atoms with van der Waals surface area (Å²) in [6.45, 7) is 18.1. The van der Waals surface area contributed by atoms with Crippen molar-refractivity contribution in [1.82, 2.24) is 0 Å². The van der Waals surface area contributed by atoms with E-state index in [1.165, 1.54) is 162 Å². The maximum atomic E-state index is 11.5. The zero-order valence-electron chi connectivity index (χ0n) is 74.8. The van der Waals surface area contributed by atoms with Crippen LogP contribution in [0.25, 0.3) is 0 Å². The largest absolute Gasteiger partial charge is 0.482 e. The van der Waals surface area contributed by atoms with E-state index < -0.39 is 11.9 Å². The number of ether oxygens (including phenoxy) is 6. The van der Waals surface area contributed by atoms with Crippen LogP contribution in [0.3, 0.4) is 0 Å². The zero-order valence-corrected chi connectivity index (χ0v) is 75.6. The van der Waals surface area contributed by atoms with Gasteiger partial charge in [-0.15, -0.1) is 12.4 Å². The molecule has 0 amide bonds. The van der Waals surface area contributed by atoms with Crippen molar-refractivity contribution in [3.8, 4) is 23.0 Å². The van der Waals surface area contributed by atoms with Gasteiger partial charge in [0.25, 0.3) is 0 Å². The Balaban J connectivity index is 0.000000279. The molecule has 4 saturated carbocycles. The van der Waals surface area contributed by atoms with E-state index in [-0.39, 0.29) is 94.5 Å². The van der Waals surface area contributed by atoms with E-state index in [4.69, 9.17) is 44.1 Å². The van der Waals surface area contributed by atoms with Crippen LogP contribution in [0, 0.1) is 94.7 Å². The second-order valence-electron chi connectivity index (χ2n) is 36.5. The SMILES string of the molecule is C.CCCCC[C@H](C)CC[C@@H]1[C@H]2Cc3cccc(OCC(=O)O)c3C[C@H]2C[C@H]1C.CCCCC[C@H](C)CC[C@@H]1[C@H]2Cc3cccc(OCC(=O)OC)c3C[C@H]2C[C@H]1C.CCCCC[C@H](O)CC[C@@H]1[C@H]2Cc3cccc(OCC(=O)O)c3C[C@H]2C[C@H]1O.CCCCC[C@H](O)CC[C@@H]1[C@H]2Cc3cccc(OCC(=O)OC)c3C[C@H]2C[C@H]1O.CO.CO.Cl. The van der Waals surface area contributed by atoms with Gasteiger partial charge in [0.1, 0.15) is 23.0 Å². The standard InChI is InChI=1S/C26H40O3.C25H38O3.C24H36O5.C23H34O5.2CH4O.CH4.ClH/c1-5-6-7-9-18(2)12-13-22-19(3)14-21-16-24-20(15-23(21)22)10-8-11-25(24)29-17-26(27)28-4;1-4-5-6-8-17(2)11-12-21-18(3)13-20-15-23-19(14-22(20)21)9-7-10-24(23)28-16-25(26)27;1-3-4-5-8-18(25)10-11-19-20-12-16-7-6-9-23(29-15-24(27)28-2)21(16)13-17(20)14-22(19)26;1-2-3-4-7-17(24)9-10-18-19-11-15-6-5-8-22(28-14-23(26)27)20(15)12-16(19)13-21(18)25;2*1-2;;/h8,10-11,18-19,21-23H,5-7,9,12-17H2,1-4H3;7,9-10,17-18,20-22H,4-6,8,11-16H2,1-3H3,(H,26,27);6-7,9,17-20,22,25-26H,3-5,8,10-15H2,1-2H3;5-6,8,16-19,21,24-25H,2-4,7,9-14H2,1H3,(H,26,27);2*2H,1H3;1H4;1H/t18-,19+,21+,22-,23-;17-,18+,20+,21-,22-;17-,18-,19+,20-,22+;16-,17-,18+,19-,21+;;;;/m0000..../s1. The molecule has 680 valence electrons. The van der Waals surface area contributed by atoms with Crippen molar-refractivity contribution in [2.75, 3.05) is 54.9 Å². The lowest BCUT2D eigenvalue weighted by Crippen LogP contribution is -2.28. The number of esters is 2. The number of hydrogen-bond donors (Lipinski definition) is 8. The molecule has 4 aromatic rings. The fraction of sp³-hybridized carbons (Fsp3) is 0.723. The van der Waals surface area contributed by atoms with Crippen molar-refractivity contribution in [3.63, 3.8) is 0 Å². The number of carboxylic acids is 2. The van der Waals surface area contributed by atoms with Gasteiger partial charge in [0.15, 0.2) is 26.4 Å². The lowest BCUT2D eigenvalue weighted by molar-refractivity contribution is -0.143. The normalized spacial score (nSPS) is 25.6. The number of hydrogen-bond acceptors (Lipinski definition) is 16. The van der Waals surface area contributed by atoms with Gasteiger partial charge in [0.05, 0.1) is 38.6 Å². The molecule has 18 nitrogen and oxygen atoms in total. The summed E-state index contributed by atoms with van der Waals surface area (Å²) in [4.78, 5) is 44.6. The summed E-state index contributed by atoms with van der Waals surface area (Å²) in [5.74, 6) is 10.9. The minimum atomic E-state index is -0.972. The average Bonchev–Trinajstić information content (AvgIpc) is 1.61. The predicted octanol–water partition coefficient (Wildman–Crippen LogP) is 19.9. The molecule has 8 aliphatic rings. The van der Waals surface area contributed by atoms with Crippen LogP contribution < -0.4 is 18.9 Å². The van der Waals surface area contributed by atoms with Crippen LogP contribution in [0.1, 0.15) is 287 Å². The van der Waals surface area contributed by atoms with Crippen LogP contribution in [0.15, 0.2) is 72.8 Å². The molecule has 4 fully saturated rings. The third-order valence-corrected chi connectivity index (χ3v) is 28.5. The highest BCUT2D eigenvalue weighted by atomic mass is 35.5. The number of carbonyl (C=O) groups is 4. The second kappa shape index (κ2) is 55.4. The minimum Gasteiger partial charge on any atom is -0.482 e. The molecule has 20 atom stereocenters. The van der Waals surface area contributed by atoms with E-state index in [1.54, 1.807) is 0 Å². The van der Waals surface area contributed by atoms with Gasteiger partial charge in [-0.1, -0.05) is 214 Å². The Kier molecular flexibility index (Phi) is 48.2. The zero-order chi connectivity index (χ0) is 85.8. The molecule has 0 aliphatic heterocycles. The molecule has 8 aliphatic carbocycles. The number of unbranched alkanes of at least 4 members (excludes halogenated alkanes) is 8. The molecular formula is C101H161ClO18. The molecule has 8 N–H and O–H groups in total. The first-order valence-electron chi connectivity index (χ1n) is 46.2. The maximum absolute atomic E-state index is 11.5. The average molecular weight is 1700 g/mol. The first kappa shape index (κ1) is 105. The number of aliphatic hydroxyl groups excluding tert-OH is 6. The number of aliphatic hydroxyl groups is 6. The third-order valence-electron chi connectivity index (χ3n) is 28.5. The molecule has 0 spiro atoms. The quantitative estimate of drug-likeness (QED) is 0.0152. The molecule has 0 unspecified atom stereocenters. The lowest BCUT2D eigenvalue weighted by atomic mass is 9.73. The van der Waals surface area contributed by atoms with Gasteiger partial charge in [-0.3, -0.25) is 0 Å². The van der Waals surface area contributed by atoms with Crippen molar-refractivity contribution in [2.24, 2.45) is 94.7 Å². The first-order chi connectivity index (χ1) is 57.0. The molecular weight excluding hydrogens is 1540 g/mol. The molecule has 0 saturated heterocycles. The van der Waals surface area contributed by atoms with Gasteiger partial charge in [-0.25, -0.2) is 19.2 Å². The fourth-order valence-corrected chi connectivity index (χ4v) is 22.3. The smallest absolute Gasteiger partial charge is 0.343 e. The highest BCUT2D eigenvalue weighted by Crippen LogP contribution is 2.55. The predicted molar refractivity (Wildman–Crippen MR) is 481 cm³/mol. The number of carboxylic acid groups (broad SMARTS) is 2.